The van der Waals surface area contributed by atoms with Gasteiger partial charge in [-0.3, -0.25) is 9.59 Å². The van der Waals surface area contributed by atoms with Crippen LogP contribution in [0.25, 0.3) is 5.69 Å². The normalized spacial score (nSPS) is 10.3. The van der Waals surface area contributed by atoms with Gasteiger partial charge in [-0.15, -0.1) is 5.10 Å². The highest BCUT2D eigenvalue weighted by atomic mass is 79.9. The third-order valence-electron chi connectivity index (χ3n) is 3.24. The van der Waals surface area contributed by atoms with Crippen LogP contribution in [0.15, 0.2) is 59.2 Å². The number of anilines is 2. The van der Waals surface area contributed by atoms with Crippen molar-refractivity contribution >= 4 is 39.1 Å². The van der Waals surface area contributed by atoms with Gasteiger partial charge in [0.05, 0.1) is 11.9 Å². The number of carbonyl (C=O) groups is 2. The smallest absolute Gasteiger partial charge is 0.277 e. The molecule has 0 unspecified atom stereocenters. The van der Waals surface area contributed by atoms with Crippen molar-refractivity contribution in [3.8, 4) is 5.69 Å². The van der Waals surface area contributed by atoms with Crippen molar-refractivity contribution in [2.45, 2.75) is 6.92 Å². The van der Waals surface area contributed by atoms with Gasteiger partial charge >= 0.3 is 0 Å². The highest BCUT2D eigenvalue weighted by molar-refractivity contribution is 9.10. The standard InChI is InChI=1S/C17H14BrN5O2/c1-11(24)19-13-5-3-6-14(9-13)20-17(25)16-10-23(22-21-16)15-7-2-4-12(18)8-15/h2-10H,1H3,(H,19,24)(H,20,25). The largest absolute Gasteiger partial charge is 0.326 e. The first-order valence-electron chi connectivity index (χ1n) is 7.38. The Labute approximate surface area is 152 Å². The Morgan fingerprint density at radius 3 is 2.48 bits per heavy atom. The maximum absolute atomic E-state index is 12.3. The van der Waals surface area contributed by atoms with Crippen LogP contribution in [0.1, 0.15) is 17.4 Å². The number of amides is 2. The zero-order valence-electron chi connectivity index (χ0n) is 13.2. The summed E-state index contributed by atoms with van der Waals surface area (Å²) in [6.45, 7) is 1.42. The van der Waals surface area contributed by atoms with Crippen molar-refractivity contribution in [3.63, 3.8) is 0 Å². The monoisotopic (exact) mass is 399 g/mol. The van der Waals surface area contributed by atoms with Crippen molar-refractivity contribution in [1.29, 1.82) is 0 Å². The second-order valence-corrected chi connectivity index (χ2v) is 6.16. The van der Waals surface area contributed by atoms with Crippen molar-refractivity contribution < 1.29 is 9.59 Å². The number of aromatic nitrogens is 3. The molecule has 8 heteroatoms. The average molecular weight is 400 g/mol. The van der Waals surface area contributed by atoms with Gasteiger partial charge in [0.2, 0.25) is 5.91 Å². The van der Waals surface area contributed by atoms with E-state index in [9.17, 15) is 9.59 Å². The molecule has 3 rings (SSSR count). The van der Waals surface area contributed by atoms with E-state index >= 15 is 0 Å². The molecule has 3 aromatic rings. The number of nitrogens with zero attached hydrogens (tertiary/aromatic N) is 3. The highest BCUT2D eigenvalue weighted by Crippen LogP contribution is 2.17. The van der Waals surface area contributed by atoms with Crippen molar-refractivity contribution in [3.05, 3.63) is 64.9 Å². The molecule has 2 amide bonds. The summed E-state index contributed by atoms with van der Waals surface area (Å²) >= 11 is 3.39. The summed E-state index contributed by atoms with van der Waals surface area (Å²) in [5.74, 6) is -0.568. The molecule has 0 aliphatic carbocycles. The summed E-state index contributed by atoms with van der Waals surface area (Å²) in [6, 6.07) is 14.4. The zero-order chi connectivity index (χ0) is 17.8. The van der Waals surface area contributed by atoms with Gasteiger partial charge in [-0.2, -0.15) is 0 Å². The minimum absolute atomic E-state index is 0.180. The molecule has 1 heterocycles. The number of hydrogen-bond acceptors (Lipinski definition) is 4. The fraction of sp³-hybridized carbons (Fsp3) is 0.0588. The Balaban J connectivity index is 1.75. The summed E-state index contributed by atoms with van der Waals surface area (Å²) < 4.78 is 2.43. The molecule has 0 radical (unpaired) electrons. The van der Waals surface area contributed by atoms with Gasteiger partial charge < -0.3 is 10.6 Å². The predicted octanol–water partition coefficient (Wildman–Crippen LogP) is 3.24. The second kappa shape index (κ2) is 7.27. The summed E-state index contributed by atoms with van der Waals surface area (Å²) in [7, 11) is 0. The Morgan fingerprint density at radius 2 is 1.76 bits per heavy atom. The molecule has 0 aliphatic heterocycles. The van der Waals surface area contributed by atoms with Crippen LogP contribution in [-0.2, 0) is 4.79 Å². The van der Waals surface area contributed by atoms with Gasteiger partial charge in [0.15, 0.2) is 5.69 Å². The lowest BCUT2D eigenvalue weighted by Crippen LogP contribution is -2.13. The first-order chi connectivity index (χ1) is 12.0. The van der Waals surface area contributed by atoms with Crippen LogP contribution in [0.2, 0.25) is 0 Å². The van der Waals surface area contributed by atoms with E-state index in [1.54, 1.807) is 30.5 Å². The van der Waals surface area contributed by atoms with E-state index in [0.29, 0.717) is 11.4 Å². The Hall–Kier alpha value is -3.00. The second-order valence-electron chi connectivity index (χ2n) is 5.24. The molecule has 0 saturated carbocycles. The summed E-state index contributed by atoms with van der Waals surface area (Å²) in [6.07, 6.45) is 1.55. The SMILES string of the molecule is CC(=O)Nc1cccc(NC(=O)c2cn(-c3cccc(Br)c3)nn2)c1. The molecular formula is C17H14BrN5O2. The van der Waals surface area contributed by atoms with E-state index in [2.05, 4.69) is 36.9 Å². The van der Waals surface area contributed by atoms with Crippen molar-refractivity contribution in [1.82, 2.24) is 15.0 Å². The first kappa shape index (κ1) is 16.8. The lowest BCUT2D eigenvalue weighted by atomic mass is 10.2. The predicted molar refractivity (Wildman–Crippen MR) is 97.8 cm³/mol. The van der Waals surface area contributed by atoms with Crippen LogP contribution in [-0.4, -0.2) is 26.8 Å². The van der Waals surface area contributed by atoms with Gasteiger partial charge in [-0.05, 0) is 36.4 Å². The van der Waals surface area contributed by atoms with E-state index in [0.717, 1.165) is 10.2 Å². The maximum atomic E-state index is 12.3. The number of hydrogen-bond donors (Lipinski definition) is 2. The van der Waals surface area contributed by atoms with E-state index in [1.807, 2.05) is 24.3 Å². The van der Waals surface area contributed by atoms with Gasteiger partial charge in [0.1, 0.15) is 0 Å². The molecule has 0 bridgehead atoms. The molecule has 0 fully saturated rings. The molecule has 0 atom stereocenters. The van der Waals surface area contributed by atoms with Gasteiger partial charge in [0.25, 0.3) is 5.91 Å². The van der Waals surface area contributed by atoms with E-state index in [-0.39, 0.29) is 17.5 Å². The fourth-order valence-electron chi connectivity index (χ4n) is 2.19. The third-order valence-corrected chi connectivity index (χ3v) is 3.73. The Bertz CT molecular complexity index is 938. The molecule has 1 aromatic heterocycles. The van der Waals surface area contributed by atoms with Crippen LogP contribution < -0.4 is 10.6 Å². The van der Waals surface area contributed by atoms with Crippen molar-refractivity contribution in [2.24, 2.45) is 0 Å². The number of carbonyl (C=O) groups excluding carboxylic acids is 2. The molecular weight excluding hydrogens is 386 g/mol. The lowest BCUT2D eigenvalue weighted by molar-refractivity contribution is -0.114. The maximum Gasteiger partial charge on any atom is 0.277 e. The highest BCUT2D eigenvalue weighted by Gasteiger charge is 2.12. The minimum atomic E-state index is -0.388. The van der Waals surface area contributed by atoms with E-state index in [1.165, 1.54) is 11.6 Å². The van der Waals surface area contributed by atoms with E-state index < -0.39 is 0 Å². The molecule has 2 N–H and O–H groups in total. The number of benzene rings is 2. The zero-order valence-corrected chi connectivity index (χ0v) is 14.8. The summed E-state index contributed by atoms with van der Waals surface area (Å²) in [5, 5.41) is 13.3. The number of halogens is 1. The number of nitrogens with one attached hydrogen (secondary N) is 2. The van der Waals surface area contributed by atoms with Crippen LogP contribution in [0.3, 0.4) is 0 Å². The van der Waals surface area contributed by atoms with Gasteiger partial charge in [-0.1, -0.05) is 33.3 Å². The summed E-state index contributed by atoms with van der Waals surface area (Å²) in [5.41, 5.74) is 2.12. The summed E-state index contributed by atoms with van der Waals surface area (Å²) in [4.78, 5) is 23.4. The van der Waals surface area contributed by atoms with Gasteiger partial charge in [0, 0.05) is 22.8 Å². The molecule has 0 spiro atoms. The topological polar surface area (TPSA) is 88.9 Å². The minimum Gasteiger partial charge on any atom is -0.326 e. The molecule has 126 valence electrons. The number of rotatable bonds is 4. The molecule has 25 heavy (non-hydrogen) atoms. The van der Waals surface area contributed by atoms with Gasteiger partial charge in [-0.25, -0.2) is 4.68 Å². The van der Waals surface area contributed by atoms with Crippen LogP contribution in [0, 0.1) is 0 Å². The van der Waals surface area contributed by atoms with Crippen LogP contribution >= 0.6 is 15.9 Å². The average Bonchev–Trinajstić information content (AvgIpc) is 3.05. The van der Waals surface area contributed by atoms with E-state index in [4.69, 9.17) is 0 Å². The fourth-order valence-corrected chi connectivity index (χ4v) is 2.57. The van der Waals surface area contributed by atoms with Crippen molar-refractivity contribution in [2.75, 3.05) is 10.6 Å². The Kier molecular flexibility index (Phi) is 4.90. The third kappa shape index (κ3) is 4.30. The first-order valence-corrected chi connectivity index (χ1v) is 8.18. The van der Waals surface area contributed by atoms with Crippen LogP contribution in [0.4, 0.5) is 11.4 Å². The quantitative estimate of drug-likeness (QED) is 0.704. The molecule has 7 nitrogen and oxygen atoms in total. The lowest BCUT2D eigenvalue weighted by Gasteiger charge is -2.06. The molecule has 2 aromatic carbocycles. The molecule has 0 aliphatic rings. The Morgan fingerprint density at radius 1 is 1.04 bits per heavy atom. The van der Waals surface area contributed by atoms with Crippen LogP contribution in [0.5, 0.6) is 0 Å². The molecule has 0 saturated heterocycles.